The predicted octanol–water partition coefficient (Wildman–Crippen LogP) is -0.405. The molecule has 2 unspecified atom stereocenters. The lowest BCUT2D eigenvalue weighted by Crippen LogP contribution is -2.36. The van der Waals surface area contributed by atoms with Crippen molar-refractivity contribution < 1.29 is 14.9 Å². The summed E-state index contributed by atoms with van der Waals surface area (Å²) in [6.45, 7) is 0.351. The van der Waals surface area contributed by atoms with Gasteiger partial charge in [0.2, 0.25) is 0 Å². The highest BCUT2D eigenvalue weighted by Crippen LogP contribution is 2.35. The molecule has 1 fully saturated rings. The summed E-state index contributed by atoms with van der Waals surface area (Å²) < 4.78 is 9.51. The van der Waals surface area contributed by atoms with Crippen LogP contribution in [0.25, 0.3) is 11.2 Å². The average molecular weight is 266 g/mol. The van der Waals surface area contributed by atoms with E-state index < -0.39 is 24.5 Å². The number of fused-ring (bicyclic) bond motifs is 3. The minimum absolute atomic E-state index is 0.351. The Labute approximate surface area is 106 Å². The van der Waals surface area contributed by atoms with Crippen LogP contribution in [0.2, 0.25) is 0 Å². The fraction of sp³-hybridized carbons (Fsp3) is 0.500. The van der Waals surface area contributed by atoms with Crippen molar-refractivity contribution in [1.29, 1.82) is 0 Å². The van der Waals surface area contributed by atoms with Gasteiger partial charge < -0.3 is 14.9 Å². The number of aliphatic hydroxyl groups excluding tert-OH is 2. The minimum Gasteiger partial charge on any atom is -0.387 e. The Hall–Kier alpha value is -1.35. The maximum atomic E-state index is 10.0. The summed E-state index contributed by atoms with van der Waals surface area (Å²) in [6.07, 6.45) is -3.11. The highest BCUT2D eigenvalue weighted by molar-refractivity contribution is 7.71. The maximum Gasteiger partial charge on any atom is 0.165 e. The van der Waals surface area contributed by atoms with Crippen LogP contribution in [-0.4, -0.2) is 48.1 Å². The second-order valence-corrected chi connectivity index (χ2v) is 4.99. The number of aromatic nitrogens is 4. The molecule has 4 rings (SSSR count). The zero-order chi connectivity index (χ0) is 12.4. The molecule has 2 aliphatic heterocycles. The maximum absolute atomic E-state index is 10.0. The lowest BCUT2D eigenvalue weighted by Gasteiger charge is -2.20. The van der Waals surface area contributed by atoms with Gasteiger partial charge in [-0.15, -0.1) is 5.10 Å². The number of pyridine rings is 1. The van der Waals surface area contributed by atoms with Crippen molar-refractivity contribution in [3.63, 3.8) is 0 Å². The van der Waals surface area contributed by atoms with Crippen LogP contribution in [0.5, 0.6) is 0 Å². The minimum atomic E-state index is -0.990. The Bertz CT molecular complexity index is 696. The Balaban J connectivity index is 2.10. The normalized spacial score (nSPS) is 33.9. The van der Waals surface area contributed by atoms with Crippen molar-refractivity contribution in [3.05, 3.63) is 16.8 Å². The van der Waals surface area contributed by atoms with E-state index in [1.807, 2.05) is 0 Å². The fourth-order valence-electron chi connectivity index (χ4n) is 2.64. The summed E-state index contributed by atoms with van der Waals surface area (Å²) in [4.78, 5) is 0. The van der Waals surface area contributed by atoms with Crippen LogP contribution in [0, 0.1) is 4.64 Å². The molecule has 4 heterocycles. The third-order valence-electron chi connectivity index (χ3n) is 3.53. The van der Waals surface area contributed by atoms with Gasteiger partial charge in [-0.25, -0.2) is 4.68 Å². The van der Waals surface area contributed by atoms with E-state index in [0.29, 0.717) is 16.7 Å². The number of rotatable bonds is 0. The largest absolute Gasteiger partial charge is 0.387 e. The summed E-state index contributed by atoms with van der Waals surface area (Å²) in [5, 5.41) is 28.0. The smallest absolute Gasteiger partial charge is 0.165 e. The van der Waals surface area contributed by atoms with Crippen LogP contribution in [0.4, 0.5) is 0 Å². The SMILES string of the molecule is OC1C(O)[C@H]2Cn3nnc4ccc(=S)n(c43)[C@@H]1O2. The quantitative estimate of drug-likeness (QED) is 0.631. The van der Waals surface area contributed by atoms with E-state index in [1.165, 1.54) is 0 Å². The number of nitrogens with zero attached hydrogens (tertiary/aromatic N) is 4. The van der Waals surface area contributed by atoms with E-state index in [0.717, 1.165) is 5.65 Å². The molecular weight excluding hydrogens is 256 g/mol. The monoisotopic (exact) mass is 266 g/mol. The lowest BCUT2D eigenvalue weighted by atomic mass is 10.1. The van der Waals surface area contributed by atoms with Gasteiger partial charge in [0.05, 0.1) is 6.54 Å². The van der Waals surface area contributed by atoms with Crippen LogP contribution in [0.1, 0.15) is 6.23 Å². The Morgan fingerprint density at radius 3 is 3.00 bits per heavy atom. The molecule has 0 aliphatic carbocycles. The molecule has 7 nitrogen and oxygen atoms in total. The Morgan fingerprint density at radius 1 is 1.33 bits per heavy atom. The molecule has 2 aliphatic rings. The summed E-state index contributed by atoms with van der Waals surface area (Å²) in [5.41, 5.74) is 1.42. The molecule has 18 heavy (non-hydrogen) atoms. The number of aliphatic hydroxyl groups is 2. The first-order valence-electron chi connectivity index (χ1n) is 5.63. The van der Waals surface area contributed by atoms with E-state index in [-0.39, 0.29) is 0 Å². The van der Waals surface area contributed by atoms with Gasteiger partial charge in [-0.3, -0.25) is 4.57 Å². The van der Waals surface area contributed by atoms with Crippen LogP contribution >= 0.6 is 12.2 Å². The molecule has 94 valence electrons. The summed E-state index contributed by atoms with van der Waals surface area (Å²) in [7, 11) is 0. The molecule has 0 saturated carbocycles. The molecule has 0 radical (unpaired) electrons. The van der Waals surface area contributed by atoms with Gasteiger partial charge >= 0.3 is 0 Å². The van der Waals surface area contributed by atoms with Crippen LogP contribution in [0.15, 0.2) is 12.1 Å². The van der Waals surface area contributed by atoms with Crippen molar-refractivity contribution in [1.82, 2.24) is 19.6 Å². The highest BCUT2D eigenvalue weighted by atomic mass is 32.1. The summed E-state index contributed by atoms with van der Waals surface area (Å²) in [6, 6.07) is 3.51. The molecule has 1 saturated heterocycles. The van der Waals surface area contributed by atoms with Gasteiger partial charge in [0, 0.05) is 0 Å². The molecule has 2 bridgehead atoms. The lowest BCUT2D eigenvalue weighted by molar-refractivity contribution is -0.0342. The number of hydrogen-bond donors (Lipinski definition) is 2. The van der Waals surface area contributed by atoms with Gasteiger partial charge in [-0.2, -0.15) is 0 Å². The average Bonchev–Trinajstić information content (AvgIpc) is 2.80. The van der Waals surface area contributed by atoms with Gasteiger partial charge in [0.1, 0.15) is 28.5 Å². The Morgan fingerprint density at radius 2 is 2.17 bits per heavy atom. The van der Waals surface area contributed by atoms with Crippen molar-refractivity contribution in [2.45, 2.75) is 31.1 Å². The van der Waals surface area contributed by atoms with Crippen molar-refractivity contribution in [2.75, 3.05) is 0 Å². The first-order chi connectivity index (χ1) is 8.66. The van der Waals surface area contributed by atoms with Crippen molar-refractivity contribution in [2.24, 2.45) is 0 Å². The van der Waals surface area contributed by atoms with E-state index in [2.05, 4.69) is 10.3 Å². The van der Waals surface area contributed by atoms with Crippen LogP contribution in [-0.2, 0) is 11.3 Å². The zero-order valence-electron chi connectivity index (χ0n) is 9.17. The van der Waals surface area contributed by atoms with E-state index in [1.54, 1.807) is 21.4 Å². The summed E-state index contributed by atoms with van der Waals surface area (Å²) in [5.74, 6) is 0. The van der Waals surface area contributed by atoms with E-state index in [4.69, 9.17) is 17.0 Å². The van der Waals surface area contributed by atoms with Gasteiger partial charge in [0.15, 0.2) is 11.9 Å². The molecule has 8 heteroatoms. The van der Waals surface area contributed by atoms with Gasteiger partial charge in [-0.05, 0) is 12.1 Å². The second-order valence-electron chi connectivity index (χ2n) is 4.57. The topological polar surface area (TPSA) is 85.3 Å². The van der Waals surface area contributed by atoms with Gasteiger partial charge in [-0.1, -0.05) is 17.4 Å². The molecule has 0 amide bonds. The summed E-state index contributed by atoms with van der Waals surface area (Å²) >= 11 is 5.27. The first kappa shape index (κ1) is 10.6. The molecule has 2 N–H and O–H groups in total. The van der Waals surface area contributed by atoms with Crippen molar-refractivity contribution >= 4 is 23.4 Å². The highest BCUT2D eigenvalue weighted by Gasteiger charge is 2.46. The predicted molar refractivity (Wildman–Crippen MR) is 62.3 cm³/mol. The van der Waals surface area contributed by atoms with Crippen LogP contribution < -0.4 is 0 Å². The van der Waals surface area contributed by atoms with E-state index in [9.17, 15) is 10.2 Å². The second kappa shape index (κ2) is 3.35. The van der Waals surface area contributed by atoms with E-state index >= 15 is 0 Å². The Kier molecular flexibility index (Phi) is 1.97. The third-order valence-corrected chi connectivity index (χ3v) is 3.86. The van der Waals surface area contributed by atoms with Gasteiger partial charge in [0.25, 0.3) is 0 Å². The standard InChI is InChI=1S/C10H10N4O3S/c15-7-5-3-13-9-4(11-12-13)1-2-6(18)14(9)10(17-5)8(7)16/h1-2,5,7-8,10,15-16H,3H2/t5-,7?,8?,10-/m1/s1. The zero-order valence-corrected chi connectivity index (χ0v) is 9.99. The molecule has 0 aromatic carbocycles. The number of ether oxygens (including phenoxy) is 1. The number of hydrogen-bond acceptors (Lipinski definition) is 6. The molecular formula is C10H10N4O3S. The van der Waals surface area contributed by atoms with Crippen LogP contribution in [0.3, 0.4) is 0 Å². The third kappa shape index (κ3) is 1.15. The molecule has 0 spiro atoms. The van der Waals surface area contributed by atoms with Crippen molar-refractivity contribution in [3.8, 4) is 0 Å². The fourth-order valence-corrected chi connectivity index (χ4v) is 2.90. The molecule has 2 aromatic heterocycles. The first-order valence-corrected chi connectivity index (χ1v) is 6.04. The molecule has 2 aromatic rings. The molecule has 4 atom stereocenters.